The molecule has 1 nitrogen and oxygen atoms in total. The van der Waals surface area contributed by atoms with E-state index in [2.05, 4.69) is 23.5 Å². The average Bonchev–Trinajstić information content (AvgIpc) is 2.94. The second-order valence-electron chi connectivity index (χ2n) is 5.55. The highest BCUT2D eigenvalue weighted by atomic mass is 19.1. The smallest absolute Gasteiger partial charge is 0.123 e. The van der Waals surface area contributed by atoms with Crippen LogP contribution in [0.1, 0.15) is 34.7 Å². The van der Waals surface area contributed by atoms with Crippen LogP contribution in [0.4, 0.5) is 4.39 Å². The first kappa shape index (κ1) is 13.3. The van der Waals surface area contributed by atoms with Gasteiger partial charge in [0.15, 0.2) is 0 Å². The number of fused-ring (bicyclic) bond motifs is 1. The van der Waals surface area contributed by atoms with Gasteiger partial charge in [-0.05, 0) is 67.1 Å². The van der Waals surface area contributed by atoms with Crippen molar-refractivity contribution >= 4 is 0 Å². The lowest BCUT2D eigenvalue weighted by Crippen LogP contribution is -2.19. The van der Waals surface area contributed by atoms with Crippen LogP contribution in [0, 0.1) is 5.82 Å². The van der Waals surface area contributed by atoms with Crippen LogP contribution < -0.4 is 5.32 Å². The van der Waals surface area contributed by atoms with Crippen LogP contribution in [0.3, 0.4) is 0 Å². The van der Waals surface area contributed by atoms with Gasteiger partial charge < -0.3 is 5.32 Å². The van der Waals surface area contributed by atoms with Crippen molar-refractivity contribution in [3.8, 4) is 0 Å². The summed E-state index contributed by atoms with van der Waals surface area (Å²) < 4.78 is 13.0. The van der Waals surface area contributed by atoms with Crippen LogP contribution in [-0.2, 0) is 19.3 Å². The van der Waals surface area contributed by atoms with Crippen molar-refractivity contribution in [2.45, 2.75) is 31.7 Å². The topological polar surface area (TPSA) is 12.0 Å². The molecule has 2 heteroatoms. The van der Waals surface area contributed by atoms with Crippen molar-refractivity contribution in [3.05, 3.63) is 70.5 Å². The van der Waals surface area contributed by atoms with Crippen molar-refractivity contribution in [1.29, 1.82) is 0 Å². The normalized spacial score (nSPS) is 15.1. The molecule has 0 aliphatic heterocycles. The van der Waals surface area contributed by atoms with Gasteiger partial charge in [0.05, 0.1) is 0 Å². The van der Waals surface area contributed by atoms with E-state index in [0.717, 1.165) is 12.0 Å². The molecule has 2 aromatic carbocycles. The monoisotopic (exact) mass is 269 g/mol. The number of nitrogens with one attached hydrogen (secondary N) is 1. The zero-order valence-corrected chi connectivity index (χ0v) is 11.8. The molecule has 0 spiro atoms. The van der Waals surface area contributed by atoms with E-state index in [4.69, 9.17) is 0 Å². The summed E-state index contributed by atoms with van der Waals surface area (Å²) in [6.07, 6.45) is 4.59. The Morgan fingerprint density at radius 1 is 1.05 bits per heavy atom. The van der Waals surface area contributed by atoms with Crippen molar-refractivity contribution < 1.29 is 4.39 Å². The quantitative estimate of drug-likeness (QED) is 0.889. The van der Waals surface area contributed by atoms with Crippen LogP contribution in [-0.4, -0.2) is 7.05 Å². The molecule has 0 saturated heterocycles. The Balaban J connectivity index is 1.81. The Bertz CT molecular complexity index is 589. The molecule has 1 N–H and O–H groups in total. The number of hydrogen-bond donors (Lipinski definition) is 1. The number of benzene rings is 2. The number of aryl methyl sites for hydroxylation is 2. The third kappa shape index (κ3) is 2.75. The van der Waals surface area contributed by atoms with Gasteiger partial charge in [0.25, 0.3) is 0 Å². The molecular weight excluding hydrogens is 249 g/mol. The number of likely N-dealkylation sites (N-methyl/N-ethyl adjacent to an activating group) is 1. The lowest BCUT2D eigenvalue weighted by atomic mass is 9.96. The fourth-order valence-electron chi connectivity index (χ4n) is 3.05. The minimum Gasteiger partial charge on any atom is -0.313 e. The van der Waals surface area contributed by atoms with Crippen molar-refractivity contribution in [1.82, 2.24) is 5.32 Å². The standard InChI is InChI=1S/C18H20FN/c1-20-18(11-13-5-9-17(19)10-6-13)16-8-7-14-3-2-4-15(14)12-16/h5-10,12,18,20H,2-4,11H2,1H3. The number of rotatable bonds is 4. The zero-order valence-electron chi connectivity index (χ0n) is 11.8. The van der Waals surface area contributed by atoms with E-state index in [-0.39, 0.29) is 11.9 Å². The van der Waals surface area contributed by atoms with Crippen LogP contribution in [0.2, 0.25) is 0 Å². The van der Waals surface area contributed by atoms with E-state index in [1.54, 1.807) is 0 Å². The Morgan fingerprint density at radius 3 is 2.55 bits per heavy atom. The fourth-order valence-corrected chi connectivity index (χ4v) is 3.05. The third-order valence-corrected chi connectivity index (χ3v) is 4.23. The van der Waals surface area contributed by atoms with E-state index in [9.17, 15) is 4.39 Å². The Kier molecular flexibility index (Phi) is 3.83. The van der Waals surface area contributed by atoms with Gasteiger partial charge >= 0.3 is 0 Å². The lowest BCUT2D eigenvalue weighted by molar-refractivity contribution is 0.588. The molecule has 2 aromatic rings. The maximum Gasteiger partial charge on any atom is 0.123 e. The van der Waals surface area contributed by atoms with E-state index in [1.165, 1.54) is 48.1 Å². The molecular formula is C18H20FN. The molecule has 0 saturated carbocycles. The Hall–Kier alpha value is -1.67. The van der Waals surface area contributed by atoms with Crippen molar-refractivity contribution in [2.75, 3.05) is 7.05 Å². The maximum absolute atomic E-state index is 13.0. The van der Waals surface area contributed by atoms with E-state index < -0.39 is 0 Å². The predicted octanol–water partition coefficient (Wildman–Crippen LogP) is 3.82. The predicted molar refractivity (Wildman–Crippen MR) is 80.4 cm³/mol. The largest absolute Gasteiger partial charge is 0.313 e. The van der Waals surface area contributed by atoms with Crippen molar-refractivity contribution in [3.63, 3.8) is 0 Å². The van der Waals surface area contributed by atoms with Crippen LogP contribution >= 0.6 is 0 Å². The lowest BCUT2D eigenvalue weighted by Gasteiger charge is -2.18. The van der Waals surface area contributed by atoms with Gasteiger partial charge in [0.1, 0.15) is 5.82 Å². The number of halogens is 1. The first-order chi connectivity index (χ1) is 9.76. The number of hydrogen-bond acceptors (Lipinski definition) is 1. The summed E-state index contributed by atoms with van der Waals surface area (Å²) in [5.74, 6) is -0.174. The molecule has 1 atom stereocenters. The minimum atomic E-state index is -0.174. The van der Waals surface area contributed by atoms with E-state index in [0.29, 0.717) is 0 Å². The first-order valence-electron chi connectivity index (χ1n) is 7.29. The maximum atomic E-state index is 13.0. The highest BCUT2D eigenvalue weighted by molar-refractivity contribution is 5.37. The molecule has 104 valence electrons. The summed E-state index contributed by atoms with van der Waals surface area (Å²) in [5, 5.41) is 3.38. The summed E-state index contributed by atoms with van der Waals surface area (Å²) in [6, 6.07) is 13.9. The average molecular weight is 269 g/mol. The highest BCUT2D eigenvalue weighted by Crippen LogP contribution is 2.26. The van der Waals surface area contributed by atoms with Crippen LogP contribution in [0.25, 0.3) is 0 Å². The van der Waals surface area contributed by atoms with Gasteiger partial charge in [-0.15, -0.1) is 0 Å². The van der Waals surface area contributed by atoms with Gasteiger partial charge in [-0.25, -0.2) is 4.39 Å². The Morgan fingerprint density at radius 2 is 1.80 bits per heavy atom. The van der Waals surface area contributed by atoms with Crippen LogP contribution in [0.15, 0.2) is 42.5 Å². The second-order valence-corrected chi connectivity index (χ2v) is 5.55. The summed E-state index contributed by atoms with van der Waals surface area (Å²) in [4.78, 5) is 0. The van der Waals surface area contributed by atoms with Gasteiger partial charge in [-0.2, -0.15) is 0 Å². The molecule has 0 radical (unpaired) electrons. The molecule has 0 bridgehead atoms. The summed E-state index contributed by atoms with van der Waals surface area (Å²) in [7, 11) is 1.99. The summed E-state index contributed by atoms with van der Waals surface area (Å²) >= 11 is 0. The van der Waals surface area contributed by atoms with Crippen molar-refractivity contribution in [2.24, 2.45) is 0 Å². The van der Waals surface area contributed by atoms with E-state index in [1.807, 2.05) is 19.2 Å². The van der Waals surface area contributed by atoms with Gasteiger partial charge in [-0.1, -0.05) is 30.3 Å². The Labute approximate surface area is 119 Å². The van der Waals surface area contributed by atoms with Gasteiger partial charge in [-0.3, -0.25) is 0 Å². The summed E-state index contributed by atoms with van der Waals surface area (Å²) in [6.45, 7) is 0. The molecule has 0 aromatic heterocycles. The van der Waals surface area contributed by atoms with Crippen LogP contribution in [0.5, 0.6) is 0 Å². The zero-order chi connectivity index (χ0) is 13.9. The molecule has 0 heterocycles. The molecule has 1 aliphatic rings. The van der Waals surface area contributed by atoms with E-state index >= 15 is 0 Å². The van der Waals surface area contributed by atoms with Gasteiger partial charge in [0.2, 0.25) is 0 Å². The molecule has 1 unspecified atom stereocenters. The minimum absolute atomic E-state index is 0.174. The third-order valence-electron chi connectivity index (χ3n) is 4.23. The second kappa shape index (κ2) is 5.76. The molecule has 0 fully saturated rings. The summed E-state index contributed by atoms with van der Waals surface area (Å²) in [5.41, 5.74) is 5.50. The molecule has 0 amide bonds. The fraction of sp³-hybridized carbons (Fsp3) is 0.333. The van der Waals surface area contributed by atoms with Gasteiger partial charge in [0, 0.05) is 6.04 Å². The highest BCUT2D eigenvalue weighted by Gasteiger charge is 2.15. The first-order valence-corrected chi connectivity index (χ1v) is 7.29. The molecule has 1 aliphatic carbocycles. The molecule has 3 rings (SSSR count). The SMILES string of the molecule is CNC(Cc1ccc(F)cc1)c1ccc2c(c1)CCC2. The molecule has 20 heavy (non-hydrogen) atoms.